The lowest BCUT2D eigenvalue weighted by atomic mass is 10.2. The number of benzene rings is 2. The lowest BCUT2D eigenvalue weighted by Gasteiger charge is -2.19. The zero-order chi connectivity index (χ0) is 19.3. The molecule has 0 saturated carbocycles. The van der Waals surface area contributed by atoms with Gasteiger partial charge in [0.05, 0.1) is 19.9 Å². The molecule has 1 aliphatic heterocycles. The third-order valence-electron chi connectivity index (χ3n) is 4.13. The first-order valence-corrected chi connectivity index (χ1v) is 8.74. The molecule has 144 valence electrons. The van der Waals surface area contributed by atoms with Crippen molar-refractivity contribution in [3.8, 4) is 23.0 Å². The maximum atomic E-state index is 5.61. The first-order chi connectivity index (χ1) is 13.7. The van der Waals surface area contributed by atoms with Gasteiger partial charge < -0.3 is 29.6 Å². The number of hydrogen-bond donors (Lipinski definition) is 2. The van der Waals surface area contributed by atoms with E-state index in [1.807, 2.05) is 30.3 Å². The molecule has 4 rings (SSSR count). The zero-order valence-electron chi connectivity index (χ0n) is 15.6. The Morgan fingerprint density at radius 3 is 2.57 bits per heavy atom. The molecule has 2 N–H and O–H groups in total. The average Bonchev–Trinajstić information content (AvgIpc) is 2.74. The van der Waals surface area contributed by atoms with Gasteiger partial charge >= 0.3 is 0 Å². The van der Waals surface area contributed by atoms with Crippen molar-refractivity contribution >= 4 is 23.1 Å². The fraction of sp³-hybridized carbons (Fsp3) is 0.200. The van der Waals surface area contributed by atoms with Gasteiger partial charge in [0.1, 0.15) is 30.5 Å². The Hall–Kier alpha value is -3.68. The van der Waals surface area contributed by atoms with Crippen LogP contribution in [0, 0.1) is 0 Å². The molecular weight excluding hydrogens is 360 g/mol. The van der Waals surface area contributed by atoms with E-state index in [1.165, 1.54) is 0 Å². The first kappa shape index (κ1) is 17.7. The van der Waals surface area contributed by atoms with Crippen molar-refractivity contribution in [2.24, 2.45) is 0 Å². The number of hydrogen-bond acceptors (Lipinski definition) is 8. The highest BCUT2D eigenvalue weighted by Gasteiger charge is 2.12. The molecule has 8 heteroatoms. The van der Waals surface area contributed by atoms with Crippen LogP contribution >= 0.6 is 0 Å². The summed E-state index contributed by atoms with van der Waals surface area (Å²) in [5, 5.41) is 6.41. The Balaban J connectivity index is 1.52. The Kier molecular flexibility index (Phi) is 5.01. The molecule has 0 aliphatic carbocycles. The smallest absolute Gasteiger partial charge is 0.229 e. The van der Waals surface area contributed by atoms with E-state index < -0.39 is 0 Å². The second-order valence-electron chi connectivity index (χ2n) is 5.94. The number of nitrogens with one attached hydrogen (secondary N) is 2. The molecule has 2 heterocycles. The molecule has 0 bridgehead atoms. The molecule has 28 heavy (non-hydrogen) atoms. The number of fused-ring (bicyclic) bond motifs is 1. The fourth-order valence-electron chi connectivity index (χ4n) is 2.78. The minimum absolute atomic E-state index is 0.436. The van der Waals surface area contributed by atoms with Crippen molar-refractivity contribution in [3.05, 3.63) is 48.7 Å². The van der Waals surface area contributed by atoms with Gasteiger partial charge in [-0.15, -0.1) is 0 Å². The molecule has 0 spiro atoms. The van der Waals surface area contributed by atoms with Gasteiger partial charge in [0.25, 0.3) is 0 Å². The number of ether oxygens (including phenoxy) is 4. The van der Waals surface area contributed by atoms with Gasteiger partial charge in [0.15, 0.2) is 11.5 Å². The molecule has 0 radical (unpaired) electrons. The predicted octanol–water partition coefficient (Wildman–Crippen LogP) is 3.75. The van der Waals surface area contributed by atoms with E-state index in [9.17, 15) is 0 Å². The third-order valence-corrected chi connectivity index (χ3v) is 4.13. The summed E-state index contributed by atoms with van der Waals surface area (Å²) < 4.78 is 21.8. The van der Waals surface area contributed by atoms with Gasteiger partial charge in [-0.2, -0.15) is 4.98 Å². The Morgan fingerprint density at radius 2 is 1.75 bits per heavy atom. The van der Waals surface area contributed by atoms with Crippen LogP contribution in [0.4, 0.5) is 23.1 Å². The molecule has 3 aromatic rings. The van der Waals surface area contributed by atoms with Crippen LogP contribution in [-0.4, -0.2) is 37.4 Å². The fourth-order valence-corrected chi connectivity index (χ4v) is 2.78. The van der Waals surface area contributed by atoms with E-state index in [-0.39, 0.29) is 0 Å². The van der Waals surface area contributed by atoms with E-state index >= 15 is 0 Å². The Bertz CT molecular complexity index is 980. The first-order valence-electron chi connectivity index (χ1n) is 8.74. The summed E-state index contributed by atoms with van der Waals surface area (Å²) in [6, 6.07) is 12.9. The summed E-state index contributed by atoms with van der Waals surface area (Å²) in [7, 11) is 3.21. The molecule has 0 amide bonds. The van der Waals surface area contributed by atoms with Crippen LogP contribution in [0.2, 0.25) is 0 Å². The second kappa shape index (κ2) is 7.91. The minimum Gasteiger partial charge on any atom is -0.497 e. The predicted molar refractivity (Wildman–Crippen MR) is 106 cm³/mol. The molecule has 1 aromatic heterocycles. The van der Waals surface area contributed by atoms with Crippen LogP contribution in [0.15, 0.2) is 48.7 Å². The highest BCUT2D eigenvalue weighted by atomic mass is 16.6. The quantitative estimate of drug-likeness (QED) is 0.669. The van der Waals surface area contributed by atoms with Gasteiger partial charge in [-0.05, 0) is 30.3 Å². The van der Waals surface area contributed by atoms with Crippen molar-refractivity contribution < 1.29 is 18.9 Å². The van der Waals surface area contributed by atoms with Crippen molar-refractivity contribution in [1.29, 1.82) is 0 Å². The van der Waals surface area contributed by atoms with Gasteiger partial charge in [0.2, 0.25) is 5.95 Å². The third kappa shape index (κ3) is 3.85. The molecular formula is C20H20N4O4. The lowest BCUT2D eigenvalue weighted by molar-refractivity contribution is 0.171. The molecule has 0 saturated heterocycles. The van der Waals surface area contributed by atoms with Crippen molar-refractivity contribution in [1.82, 2.24) is 9.97 Å². The summed E-state index contributed by atoms with van der Waals surface area (Å²) >= 11 is 0. The van der Waals surface area contributed by atoms with Crippen LogP contribution in [0.5, 0.6) is 23.0 Å². The summed E-state index contributed by atoms with van der Waals surface area (Å²) in [5.41, 5.74) is 1.58. The van der Waals surface area contributed by atoms with Crippen molar-refractivity contribution in [2.45, 2.75) is 0 Å². The SMILES string of the molecule is COc1ccc(Nc2nccc(Nc3ccc4c(c3)OCCO4)n2)c(OC)c1. The number of rotatable bonds is 6. The van der Waals surface area contributed by atoms with Crippen LogP contribution in [-0.2, 0) is 0 Å². The monoisotopic (exact) mass is 380 g/mol. The molecule has 2 aromatic carbocycles. The average molecular weight is 380 g/mol. The Morgan fingerprint density at radius 1 is 0.893 bits per heavy atom. The molecule has 1 aliphatic rings. The number of aromatic nitrogens is 2. The maximum Gasteiger partial charge on any atom is 0.229 e. The van der Waals surface area contributed by atoms with Crippen LogP contribution < -0.4 is 29.6 Å². The summed E-state index contributed by atoms with van der Waals surface area (Å²) in [6.07, 6.45) is 1.67. The topological polar surface area (TPSA) is 86.8 Å². The highest BCUT2D eigenvalue weighted by Crippen LogP contribution is 2.34. The zero-order valence-corrected chi connectivity index (χ0v) is 15.6. The van der Waals surface area contributed by atoms with E-state index in [1.54, 1.807) is 32.5 Å². The number of nitrogens with zero attached hydrogens (tertiary/aromatic N) is 2. The largest absolute Gasteiger partial charge is 0.497 e. The van der Waals surface area contributed by atoms with E-state index in [2.05, 4.69) is 20.6 Å². The maximum absolute atomic E-state index is 5.61. The second-order valence-corrected chi connectivity index (χ2v) is 5.94. The molecule has 0 fully saturated rings. The van der Waals surface area contributed by atoms with E-state index in [0.29, 0.717) is 42.2 Å². The Labute approximate surface area is 162 Å². The summed E-state index contributed by atoms with van der Waals surface area (Å²) in [6.45, 7) is 1.11. The summed E-state index contributed by atoms with van der Waals surface area (Å²) in [5.74, 6) is 3.87. The van der Waals surface area contributed by atoms with E-state index in [4.69, 9.17) is 18.9 Å². The number of methoxy groups -OCH3 is 2. The van der Waals surface area contributed by atoms with Gasteiger partial charge in [0, 0.05) is 24.0 Å². The van der Waals surface area contributed by atoms with Gasteiger partial charge in [-0.3, -0.25) is 0 Å². The molecule has 0 atom stereocenters. The minimum atomic E-state index is 0.436. The standard InChI is InChI=1S/C20H20N4O4/c1-25-14-4-5-15(17(12-14)26-2)23-20-21-8-7-19(24-20)22-13-3-6-16-18(11-13)28-10-9-27-16/h3-8,11-12H,9-10H2,1-2H3,(H2,21,22,23,24). The molecule has 8 nitrogen and oxygen atoms in total. The van der Waals surface area contributed by atoms with Crippen LogP contribution in [0.1, 0.15) is 0 Å². The normalized spacial score (nSPS) is 12.2. The van der Waals surface area contributed by atoms with E-state index in [0.717, 1.165) is 17.1 Å². The van der Waals surface area contributed by atoms with Crippen molar-refractivity contribution in [3.63, 3.8) is 0 Å². The molecule has 0 unspecified atom stereocenters. The van der Waals surface area contributed by atoms with Gasteiger partial charge in [-0.1, -0.05) is 0 Å². The van der Waals surface area contributed by atoms with Crippen LogP contribution in [0.25, 0.3) is 0 Å². The summed E-state index contributed by atoms with van der Waals surface area (Å²) in [4.78, 5) is 8.77. The lowest BCUT2D eigenvalue weighted by Crippen LogP contribution is -2.15. The highest BCUT2D eigenvalue weighted by molar-refractivity contribution is 5.66. The van der Waals surface area contributed by atoms with Crippen molar-refractivity contribution in [2.75, 3.05) is 38.1 Å². The van der Waals surface area contributed by atoms with Gasteiger partial charge in [-0.25, -0.2) is 4.98 Å². The number of anilines is 4. The van der Waals surface area contributed by atoms with Crippen LogP contribution in [0.3, 0.4) is 0 Å².